The van der Waals surface area contributed by atoms with Gasteiger partial charge in [0.1, 0.15) is 5.60 Å². The third kappa shape index (κ3) is 14.6. The largest absolute Gasteiger partial charge is 0.386 e. The van der Waals surface area contributed by atoms with E-state index in [2.05, 4.69) is 59.8 Å². The van der Waals surface area contributed by atoms with E-state index >= 15 is 0 Å². The highest BCUT2D eigenvalue weighted by molar-refractivity contribution is 5.66. The van der Waals surface area contributed by atoms with Crippen molar-refractivity contribution in [2.75, 3.05) is 0 Å². The van der Waals surface area contributed by atoms with Gasteiger partial charge in [-0.15, -0.1) is 0 Å². The molecule has 0 saturated heterocycles. The minimum Gasteiger partial charge on any atom is -0.386 e. The molecular weight excluding hydrogens is 444 g/mol. The number of hydrogen-bond donors (Lipinski definition) is 2. The molecule has 0 rings (SSSR count). The van der Waals surface area contributed by atoms with E-state index < -0.39 is 11.2 Å². The fourth-order valence-corrected chi connectivity index (χ4v) is 3.83. The molecule has 0 heterocycles. The Hall–Kier alpha value is -1.97. The van der Waals surface area contributed by atoms with E-state index in [4.69, 9.17) is 0 Å². The van der Waals surface area contributed by atoms with Crippen molar-refractivity contribution in [2.24, 2.45) is 0 Å². The maximum atomic E-state index is 12.1. The highest BCUT2D eigenvalue weighted by atomic mass is 16.4. The van der Waals surface area contributed by atoms with Gasteiger partial charge in [-0.1, -0.05) is 69.9 Å². The minimum atomic E-state index is -1.99. The second kappa shape index (κ2) is 17.5. The first-order valence-corrected chi connectivity index (χ1v) is 13.5. The molecule has 0 saturated carbocycles. The van der Waals surface area contributed by atoms with E-state index in [0.717, 1.165) is 55.2 Å². The van der Waals surface area contributed by atoms with Crippen molar-refractivity contribution < 1.29 is 15.0 Å². The van der Waals surface area contributed by atoms with Crippen LogP contribution < -0.4 is 0 Å². The Bertz CT molecular complexity index is 811. The molecule has 0 aliphatic rings. The lowest BCUT2D eigenvalue weighted by Crippen LogP contribution is -2.55. The van der Waals surface area contributed by atoms with Crippen LogP contribution in [0.1, 0.15) is 120 Å². The first-order valence-electron chi connectivity index (χ1n) is 13.5. The van der Waals surface area contributed by atoms with Crippen LogP contribution in [0.15, 0.2) is 69.9 Å². The van der Waals surface area contributed by atoms with Gasteiger partial charge in [0.2, 0.25) is 6.29 Å². The van der Waals surface area contributed by atoms with E-state index in [9.17, 15) is 15.0 Å². The van der Waals surface area contributed by atoms with Crippen molar-refractivity contribution in [2.45, 2.75) is 131 Å². The molecule has 0 aromatic heterocycles. The fraction of sp³-hybridized carbons (Fsp3) is 0.606. The van der Waals surface area contributed by atoms with Gasteiger partial charge in [0.25, 0.3) is 0 Å². The number of aliphatic hydroxyl groups is 2. The van der Waals surface area contributed by atoms with Crippen LogP contribution in [-0.4, -0.2) is 27.7 Å². The summed E-state index contributed by atoms with van der Waals surface area (Å²) in [5, 5.41) is 23.2. The Morgan fingerprint density at radius 1 is 0.556 bits per heavy atom. The molecule has 0 spiro atoms. The Labute approximate surface area is 222 Å². The van der Waals surface area contributed by atoms with E-state index in [1.165, 1.54) is 16.7 Å². The summed E-state index contributed by atoms with van der Waals surface area (Å²) in [7, 11) is 0. The smallest absolute Gasteiger partial charge is 0.236 e. The molecule has 2 N–H and O–H groups in total. The van der Waals surface area contributed by atoms with Gasteiger partial charge in [0.15, 0.2) is 5.60 Å². The molecule has 0 amide bonds. The predicted octanol–water partition coefficient (Wildman–Crippen LogP) is 8.81. The van der Waals surface area contributed by atoms with Crippen molar-refractivity contribution in [3.8, 4) is 0 Å². The zero-order chi connectivity index (χ0) is 27.8. The average molecular weight is 498 g/mol. The molecule has 1 unspecified atom stereocenters. The third-order valence-electron chi connectivity index (χ3n) is 6.53. The highest BCUT2D eigenvalue weighted by Gasteiger charge is 2.48. The van der Waals surface area contributed by atoms with Crippen molar-refractivity contribution >= 4 is 6.29 Å². The molecule has 3 heteroatoms. The summed E-state index contributed by atoms with van der Waals surface area (Å²) in [4.78, 5) is 12.1. The lowest BCUT2D eigenvalue weighted by molar-refractivity contribution is -0.106. The van der Waals surface area contributed by atoms with Crippen LogP contribution in [0.3, 0.4) is 0 Å². The zero-order valence-electron chi connectivity index (χ0n) is 24.6. The predicted molar refractivity (Wildman–Crippen MR) is 157 cm³/mol. The van der Waals surface area contributed by atoms with E-state index in [1.54, 1.807) is 0 Å². The number of allylic oxidation sites excluding steroid dienone is 9. The van der Waals surface area contributed by atoms with E-state index in [-0.39, 0.29) is 19.3 Å². The maximum absolute atomic E-state index is 12.1. The van der Waals surface area contributed by atoms with Crippen LogP contribution in [0.5, 0.6) is 0 Å². The molecule has 3 nitrogen and oxygen atoms in total. The Morgan fingerprint density at radius 3 is 1.14 bits per heavy atom. The molecule has 0 aliphatic carbocycles. The SMILES string of the molecule is CC(C)=CCC/C(C)=C/CC(O)([C]=O)C(O)(C/C=C(\C)CCC=C(C)C)C/C=C(\C)CCC=C(C)C. The molecular formula is C33H53O3. The van der Waals surface area contributed by atoms with Crippen molar-refractivity contribution in [3.63, 3.8) is 0 Å². The summed E-state index contributed by atoms with van der Waals surface area (Å²) in [5.41, 5.74) is 3.57. The summed E-state index contributed by atoms with van der Waals surface area (Å²) >= 11 is 0. The normalized spacial score (nSPS) is 14.7. The summed E-state index contributed by atoms with van der Waals surface area (Å²) in [6.45, 7) is 18.6. The van der Waals surface area contributed by atoms with Crippen molar-refractivity contribution in [3.05, 3.63) is 69.9 Å². The van der Waals surface area contributed by atoms with Crippen LogP contribution in [0.4, 0.5) is 0 Å². The fourth-order valence-electron chi connectivity index (χ4n) is 3.83. The summed E-state index contributed by atoms with van der Waals surface area (Å²) < 4.78 is 0. The van der Waals surface area contributed by atoms with Gasteiger partial charge in [-0.25, -0.2) is 0 Å². The van der Waals surface area contributed by atoms with Crippen LogP contribution in [0, 0.1) is 0 Å². The van der Waals surface area contributed by atoms with Crippen molar-refractivity contribution in [1.29, 1.82) is 0 Å². The Balaban J connectivity index is 5.84. The van der Waals surface area contributed by atoms with Crippen molar-refractivity contribution in [1.82, 2.24) is 0 Å². The van der Waals surface area contributed by atoms with Gasteiger partial charge in [-0.05, 0) is 114 Å². The molecule has 1 atom stereocenters. The lowest BCUT2D eigenvalue weighted by Gasteiger charge is -2.38. The van der Waals surface area contributed by atoms with Gasteiger partial charge in [0, 0.05) is 6.42 Å². The first-order chi connectivity index (χ1) is 16.7. The quantitative estimate of drug-likeness (QED) is 0.197. The molecule has 1 radical (unpaired) electrons. The van der Waals surface area contributed by atoms with Crippen LogP contribution in [-0.2, 0) is 4.79 Å². The van der Waals surface area contributed by atoms with E-state index in [0.29, 0.717) is 0 Å². The highest BCUT2D eigenvalue weighted by Crippen LogP contribution is 2.34. The topological polar surface area (TPSA) is 57.5 Å². The molecule has 36 heavy (non-hydrogen) atoms. The van der Waals surface area contributed by atoms with Crippen LogP contribution in [0.25, 0.3) is 0 Å². The average Bonchev–Trinajstić information content (AvgIpc) is 2.79. The number of rotatable bonds is 17. The summed E-state index contributed by atoms with van der Waals surface area (Å²) in [5.74, 6) is 0. The first kappa shape index (κ1) is 34.0. The Morgan fingerprint density at radius 2 is 0.861 bits per heavy atom. The number of carbonyl (C=O) groups excluding carboxylic acids is 1. The maximum Gasteiger partial charge on any atom is 0.236 e. The van der Waals surface area contributed by atoms with Crippen LogP contribution >= 0.6 is 0 Å². The van der Waals surface area contributed by atoms with Gasteiger partial charge in [-0.2, -0.15) is 0 Å². The van der Waals surface area contributed by atoms with Gasteiger partial charge >= 0.3 is 0 Å². The molecule has 0 bridgehead atoms. The molecule has 0 aromatic carbocycles. The van der Waals surface area contributed by atoms with Gasteiger partial charge in [-0.3, -0.25) is 4.79 Å². The van der Waals surface area contributed by atoms with E-state index in [1.807, 2.05) is 45.3 Å². The lowest BCUT2D eigenvalue weighted by atomic mass is 9.75. The summed E-state index contributed by atoms with van der Waals surface area (Å²) in [6.07, 6.45) is 20.1. The second-order valence-corrected chi connectivity index (χ2v) is 11.2. The molecule has 0 fully saturated rings. The minimum absolute atomic E-state index is 0.0446. The molecule has 0 aromatic rings. The third-order valence-corrected chi connectivity index (χ3v) is 6.53. The molecule has 203 valence electrons. The number of hydrogen-bond acceptors (Lipinski definition) is 3. The van der Waals surface area contributed by atoms with Gasteiger partial charge in [0.05, 0.1) is 0 Å². The van der Waals surface area contributed by atoms with Gasteiger partial charge < -0.3 is 10.2 Å². The van der Waals surface area contributed by atoms with Crippen LogP contribution in [0.2, 0.25) is 0 Å². The summed E-state index contributed by atoms with van der Waals surface area (Å²) in [6, 6.07) is 0. The zero-order valence-corrected chi connectivity index (χ0v) is 24.6. The Kier molecular flexibility index (Phi) is 16.5. The molecule has 0 aliphatic heterocycles. The monoisotopic (exact) mass is 497 g/mol. The standard InChI is InChI=1S/C33H53O3/c1-26(2)13-10-16-29(7)19-22-32(35,23-20-30(8)17-11-14-27(3)4)33(36,25-34)24-21-31(9)18-12-15-28(5)6/h13-15,19-21,35-36H,10-12,16-18,22-24H2,1-9H3/b29-19+,30-20+,31-21+. The second-order valence-electron chi connectivity index (χ2n) is 11.2.